The van der Waals surface area contributed by atoms with Crippen molar-refractivity contribution in [3.8, 4) is 0 Å². The standard InChI is InChI=1S/C18H24N4O/c1-3-22(11-8-15-6-9-20-10-7-15)13-18(23)21-16-5-4-14(2)17(19)12-16/h4-7,9-10,12H,3,8,11,13,19H2,1-2H3,(H,21,23). The molecule has 5 nitrogen and oxygen atoms in total. The van der Waals surface area contributed by atoms with Gasteiger partial charge in [0.1, 0.15) is 0 Å². The van der Waals surface area contributed by atoms with E-state index in [1.165, 1.54) is 5.56 Å². The van der Waals surface area contributed by atoms with Crippen molar-refractivity contribution in [3.63, 3.8) is 0 Å². The minimum atomic E-state index is -0.0233. The Bertz CT molecular complexity index is 643. The van der Waals surface area contributed by atoms with E-state index in [2.05, 4.69) is 22.1 Å². The molecule has 0 aliphatic heterocycles. The van der Waals surface area contributed by atoms with E-state index in [0.717, 1.165) is 30.8 Å². The van der Waals surface area contributed by atoms with Crippen LogP contribution in [-0.2, 0) is 11.2 Å². The van der Waals surface area contributed by atoms with E-state index < -0.39 is 0 Å². The van der Waals surface area contributed by atoms with E-state index in [4.69, 9.17) is 5.73 Å². The summed E-state index contributed by atoms with van der Waals surface area (Å²) in [4.78, 5) is 18.3. The molecule has 1 heterocycles. The van der Waals surface area contributed by atoms with E-state index in [9.17, 15) is 4.79 Å². The highest BCUT2D eigenvalue weighted by molar-refractivity contribution is 5.92. The van der Waals surface area contributed by atoms with Crippen LogP contribution in [0.25, 0.3) is 0 Å². The van der Waals surface area contributed by atoms with E-state index in [1.54, 1.807) is 18.5 Å². The summed E-state index contributed by atoms with van der Waals surface area (Å²) in [5, 5.41) is 2.90. The second kappa shape index (κ2) is 8.29. The Kier molecular flexibility index (Phi) is 6.11. The molecule has 3 N–H and O–H groups in total. The van der Waals surface area contributed by atoms with Crippen molar-refractivity contribution in [2.75, 3.05) is 30.7 Å². The van der Waals surface area contributed by atoms with Gasteiger partial charge in [0.2, 0.25) is 5.91 Å². The van der Waals surface area contributed by atoms with Gasteiger partial charge in [0.15, 0.2) is 0 Å². The van der Waals surface area contributed by atoms with Crippen LogP contribution in [0.4, 0.5) is 11.4 Å². The SMILES string of the molecule is CCN(CCc1ccncc1)CC(=O)Nc1ccc(C)c(N)c1. The second-order valence-corrected chi connectivity index (χ2v) is 5.59. The number of nitrogens with one attached hydrogen (secondary N) is 1. The smallest absolute Gasteiger partial charge is 0.238 e. The number of carbonyl (C=O) groups is 1. The van der Waals surface area contributed by atoms with Gasteiger partial charge < -0.3 is 11.1 Å². The number of nitrogens with zero attached hydrogens (tertiary/aromatic N) is 2. The molecule has 23 heavy (non-hydrogen) atoms. The molecule has 1 aromatic carbocycles. The lowest BCUT2D eigenvalue weighted by atomic mass is 10.2. The molecule has 0 bridgehead atoms. The predicted octanol–water partition coefficient (Wildman–Crippen LogP) is 2.48. The number of hydrogen-bond acceptors (Lipinski definition) is 4. The first kappa shape index (κ1) is 17.0. The first-order chi connectivity index (χ1) is 11.1. The number of anilines is 2. The van der Waals surface area contributed by atoms with Gasteiger partial charge in [-0.3, -0.25) is 14.7 Å². The number of nitrogen functional groups attached to an aromatic ring is 1. The van der Waals surface area contributed by atoms with Crippen molar-refractivity contribution in [2.24, 2.45) is 0 Å². The topological polar surface area (TPSA) is 71.2 Å². The molecule has 0 aliphatic carbocycles. The Morgan fingerprint density at radius 2 is 2.00 bits per heavy atom. The Morgan fingerprint density at radius 3 is 2.65 bits per heavy atom. The molecule has 5 heteroatoms. The van der Waals surface area contributed by atoms with Crippen LogP contribution in [0.5, 0.6) is 0 Å². The van der Waals surface area contributed by atoms with Crippen LogP contribution in [-0.4, -0.2) is 35.4 Å². The number of rotatable bonds is 7. The summed E-state index contributed by atoms with van der Waals surface area (Å²) in [5.74, 6) is -0.0233. The molecule has 0 saturated heterocycles. The zero-order chi connectivity index (χ0) is 16.7. The fraction of sp³-hybridized carbons (Fsp3) is 0.333. The fourth-order valence-corrected chi connectivity index (χ4v) is 2.31. The number of carbonyl (C=O) groups excluding carboxylic acids is 1. The van der Waals surface area contributed by atoms with Crippen LogP contribution in [0.15, 0.2) is 42.7 Å². The molecule has 2 aromatic rings. The highest BCUT2D eigenvalue weighted by Crippen LogP contribution is 2.16. The number of pyridine rings is 1. The maximum absolute atomic E-state index is 12.2. The largest absolute Gasteiger partial charge is 0.398 e. The van der Waals surface area contributed by atoms with Crippen molar-refractivity contribution < 1.29 is 4.79 Å². The minimum Gasteiger partial charge on any atom is -0.398 e. The molecule has 0 unspecified atom stereocenters. The summed E-state index contributed by atoms with van der Waals surface area (Å²) < 4.78 is 0. The molecular weight excluding hydrogens is 288 g/mol. The zero-order valence-corrected chi connectivity index (χ0v) is 13.7. The van der Waals surface area contributed by atoms with Crippen molar-refractivity contribution in [2.45, 2.75) is 20.3 Å². The Balaban J connectivity index is 1.85. The van der Waals surface area contributed by atoms with Crippen LogP contribution in [0.1, 0.15) is 18.1 Å². The molecule has 0 spiro atoms. The van der Waals surface area contributed by atoms with E-state index >= 15 is 0 Å². The average Bonchev–Trinajstić information content (AvgIpc) is 2.56. The molecule has 0 aliphatic rings. The van der Waals surface area contributed by atoms with Gasteiger partial charge in [0, 0.05) is 30.3 Å². The Hall–Kier alpha value is -2.40. The third-order valence-electron chi connectivity index (χ3n) is 3.84. The van der Waals surface area contributed by atoms with Crippen molar-refractivity contribution >= 4 is 17.3 Å². The Labute approximate surface area is 137 Å². The fourth-order valence-electron chi connectivity index (χ4n) is 2.31. The van der Waals surface area contributed by atoms with Crippen LogP contribution >= 0.6 is 0 Å². The quantitative estimate of drug-likeness (QED) is 0.771. The highest BCUT2D eigenvalue weighted by Gasteiger charge is 2.10. The van der Waals surface area contributed by atoms with E-state index in [-0.39, 0.29) is 5.91 Å². The lowest BCUT2D eigenvalue weighted by Crippen LogP contribution is -2.34. The summed E-state index contributed by atoms with van der Waals surface area (Å²) in [6.07, 6.45) is 4.49. The predicted molar refractivity (Wildman–Crippen MR) is 94.3 cm³/mol. The first-order valence-corrected chi connectivity index (χ1v) is 7.85. The molecule has 0 radical (unpaired) electrons. The molecule has 0 saturated carbocycles. The summed E-state index contributed by atoms with van der Waals surface area (Å²) in [6, 6.07) is 9.58. The number of aryl methyl sites for hydroxylation is 1. The highest BCUT2D eigenvalue weighted by atomic mass is 16.2. The van der Waals surface area contributed by atoms with Gasteiger partial charge >= 0.3 is 0 Å². The third-order valence-corrected chi connectivity index (χ3v) is 3.84. The average molecular weight is 312 g/mol. The van der Waals surface area contributed by atoms with Crippen LogP contribution in [0.2, 0.25) is 0 Å². The van der Waals surface area contributed by atoms with E-state index in [1.807, 2.05) is 31.2 Å². The third kappa shape index (κ3) is 5.38. The zero-order valence-electron chi connectivity index (χ0n) is 13.7. The van der Waals surface area contributed by atoms with Gasteiger partial charge in [-0.05, 0) is 55.3 Å². The maximum atomic E-state index is 12.2. The first-order valence-electron chi connectivity index (χ1n) is 7.85. The second-order valence-electron chi connectivity index (χ2n) is 5.59. The van der Waals surface area contributed by atoms with Crippen LogP contribution < -0.4 is 11.1 Å². The monoisotopic (exact) mass is 312 g/mol. The summed E-state index contributed by atoms with van der Waals surface area (Å²) >= 11 is 0. The van der Waals surface area contributed by atoms with Crippen molar-refractivity contribution in [1.29, 1.82) is 0 Å². The van der Waals surface area contributed by atoms with E-state index in [0.29, 0.717) is 12.2 Å². The summed E-state index contributed by atoms with van der Waals surface area (Å²) in [6.45, 7) is 6.04. The number of benzene rings is 1. The van der Waals surface area contributed by atoms with Gasteiger partial charge in [0.05, 0.1) is 6.54 Å². The van der Waals surface area contributed by atoms with Gasteiger partial charge in [-0.15, -0.1) is 0 Å². The van der Waals surface area contributed by atoms with Crippen LogP contribution in [0.3, 0.4) is 0 Å². The summed E-state index contributed by atoms with van der Waals surface area (Å²) in [5.41, 5.74) is 9.53. The number of hydrogen-bond donors (Lipinski definition) is 2. The molecular formula is C18H24N4O. The lowest BCUT2D eigenvalue weighted by Gasteiger charge is -2.20. The number of amides is 1. The van der Waals surface area contributed by atoms with Crippen molar-refractivity contribution in [1.82, 2.24) is 9.88 Å². The molecule has 122 valence electrons. The van der Waals surface area contributed by atoms with Crippen molar-refractivity contribution in [3.05, 3.63) is 53.9 Å². The molecule has 0 fully saturated rings. The number of aromatic nitrogens is 1. The number of nitrogens with two attached hydrogens (primary N) is 1. The molecule has 1 aromatic heterocycles. The van der Waals surface area contributed by atoms with Gasteiger partial charge in [-0.1, -0.05) is 13.0 Å². The normalized spacial score (nSPS) is 10.7. The van der Waals surface area contributed by atoms with Crippen LogP contribution in [0, 0.1) is 6.92 Å². The summed E-state index contributed by atoms with van der Waals surface area (Å²) in [7, 11) is 0. The molecule has 2 rings (SSSR count). The lowest BCUT2D eigenvalue weighted by molar-refractivity contribution is -0.117. The van der Waals surface area contributed by atoms with Gasteiger partial charge in [0.25, 0.3) is 0 Å². The molecule has 1 amide bonds. The Morgan fingerprint density at radius 1 is 1.26 bits per heavy atom. The van der Waals surface area contributed by atoms with Gasteiger partial charge in [-0.2, -0.15) is 0 Å². The number of likely N-dealkylation sites (N-methyl/N-ethyl adjacent to an activating group) is 1. The minimum absolute atomic E-state index is 0.0233. The van der Waals surface area contributed by atoms with Gasteiger partial charge in [-0.25, -0.2) is 0 Å². The molecule has 0 atom stereocenters. The maximum Gasteiger partial charge on any atom is 0.238 e.